The number of methoxy groups -OCH3 is 1. The summed E-state index contributed by atoms with van der Waals surface area (Å²) in [6, 6.07) is 0. The lowest BCUT2D eigenvalue weighted by molar-refractivity contribution is 0.0891. The molecule has 2 saturated heterocycles. The summed E-state index contributed by atoms with van der Waals surface area (Å²) in [6.07, 6.45) is 6.07. The van der Waals surface area contributed by atoms with Crippen LogP contribution in [0.4, 0.5) is 0 Å². The lowest BCUT2D eigenvalue weighted by Crippen LogP contribution is -2.23. The van der Waals surface area contributed by atoms with Gasteiger partial charge in [0.15, 0.2) is 0 Å². The first-order valence-electron chi connectivity index (χ1n) is 4.06. The largest absolute Gasteiger partial charge is 0.381 e. The molecule has 0 aromatic rings. The molecule has 0 N–H and O–H groups in total. The van der Waals surface area contributed by atoms with Gasteiger partial charge < -0.3 is 4.74 Å². The highest BCUT2D eigenvalue weighted by Gasteiger charge is 2.34. The Morgan fingerprint density at radius 1 is 1.20 bits per heavy atom. The minimum Gasteiger partial charge on any atom is -0.381 e. The van der Waals surface area contributed by atoms with Crippen molar-refractivity contribution >= 4 is 11.8 Å². The highest BCUT2D eigenvalue weighted by atomic mass is 32.2. The molecule has 1 nitrogen and oxygen atoms in total. The van der Waals surface area contributed by atoms with Gasteiger partial charge in [0.05, 0.1) is 6.10 Å². The van der Waals surface area contributed by atoms with Gasteiger partial charge in [0.25, 0.3) is 0 Å². The SMILES string of the molecule is COC1CC2CCC(C1)S2. The van der Waals surface area contributed by atoms with Gasteiger partial charge in [-0.25, -0.2) is 0 Å². The topological polar surface area (TPSA) is 9.23 Å². The van der Waals surface area contributed by atoms with Crippen molar-refractivity contribution in [2.24, 2.45) is 0 Å². The first kappa shape index (κ1) is 6.99. The summed E-state index contributed by atoms with van der Waals surface area (Å²) >= 11 is 2.19. The maximum Gasteiger partial charge on any atom is 0.0592 e. The molecule has 2 heteroatoms. The van der Waals surface area contributed by atoms with Crippen molar-refractivity contribution in [2.45, 2.75) is 42.3 Å². The summed E-state index contributed by atoms with van der Waals surface area (Å²) in [4.78, 5) is 0. The molecular formula is C8H14OS. The number of hydrogen-bond acceptors (Lipinski definition) is 2. The Balaban J connectivity index is 1.96. The summed E-state index contributed by atoms with van der Waals surface area (Å²) < 4.78 is 5.36. The molecule has 2 heterocycles. The minimum absolute atomic E-state index is 0.582. The van der Waals surface area contributed by atoms with E-state index in [1.807, 2.05) is 7.11 Å². The Labute approximate surface area is 66.5 Å². The molecule has 0 radical (unpaired) electrons. The van der Waals surface area contributed by atoms with Gasteiger partial charge in [-0.3, -0.25) is 0 Å². The van der Waals surface area contributed by atoms with Crippen LogP contribution in [0.2, 0.25) is 0 Å². The molecule has 0 aliphatic carbocycles. The van der Waals surface area contributed by atoms with Crippen molar-refractivity contribution < 1.29 is 4.74 Å². The van der Waals surface area contributed by atoms with Crippen LogP contribution in [-0.2, 0) is 4.74 Å². The highest BCUT2D eigenvalue weighted by molar-refractivity contribution is 8.00. The van der Waals surface area contributed by atoms with Gasteiger partial charge in [0.2, 0.25) is 0 Å². The molecule has 0 aromatic carbocycles. The van der Waals surface area contributed by atoms with Gasteiger partial charge in [-0.2, -0.15) is 11.8 Å². The van der Waals surface area contributed by atoms with Crippen molar-refractivity contribution in [3.8, 4) is 0 Å². The van der Waals surface area contributed by atoms with E-state index in [2.05, 4.69) is 11.8 Å². The molecule has 0 spiro atoms. The van der Waals surface area contributed by atoms with Crippen LogP contribution in [-0.4, -0.2) is 23.7 Å². The van der Waals surface area contributed by atoms with Crippen molar-refractivity contribution in [1.82, 2.24) is 0 Å². The van der Waals surface area contributed by atoms with Crippen molar-refractivity contribution in [3.05, 3.63) is 0 Å². The third-order valence-electron chi connectivity index (χ3n) is 2.58. The molecule has 58 valence electrons. The number of thioether (sulfide) groups is 1. The van der Waals surface area contributed by atoms with E-state index in [1.165, 1.54) is 25.7 Å². The average Bonchev–Trinajstić information content (AvgIpc) is 2.30. The second-order valence-corrected chi connectivity index (χ2v) is 4.89. The monoisotopic (exact) mass is 158 g/mol. The fourth-order valence-electron chi connectivity index (χ4n) is 2.00. The zero-order valence-electron chi connectivity index (χ0n) is 6.38. The molecule has 2 rings (SSSR count). The lowest BCUT2D eigenvalue weighted by Gasteiger charge is -2.25. The summed E-state index contributed by atoms with van der Waals surface area (Å²) in [5, 5.41) is 1.87. The minimum atomic E-state index is 0.582. The fraction of sp³-hybridized carbons (Fsp3) is 1.00. The highest BCUT2D eigenvalue weighted by Crippen LogP contribution is 2.44. The first-order valence-corrected chi connectivity index (χ1v) is 5.01. The van der Waals surface area contributed by atoms with Crippen LogP contribution >= 0.6 is 11.8 Å². The standard InChI is InChI=1S/C8H14OS/c1-9-6-4-7-2-3-8(5-6)10-7/h6-8H,2-5H2,1H3. The zero-order valence-corrected chi connectivity index (χ0v) is 7.19. The van der Waals surface area contributed by atoms with E-state index < -0.39 is 0 Å². The van der Waals surface area contributed by atoms with Gasteiger partial charge in [-0.1, -0.05) is 0 Å². The second-order valence-electron chi connectivity index (χ2n) is 3.29. The summed E-state index contributed by atoms with van der Waals surface area (Å²) in [6.45, 7) is 0. The maximum absolute atomic E-state index is 5.36. The van der Waals surface area contributed by atoms with E-state index in [0.29, 0.717) is 6.10 Å². The van der Waals surface area contributed by atoms with Gasteiger partial charge >= 0.3 is 0 Å². The summed E-state index contributed by atoms with van der Waals surface area (Å²) in [5.74, 6) is 0. The van der Waals surface area contributed by atoms with Crippen LogP contribution in [0, 0.1) is 0 Å². The van der Waals surface area contributed by atoms with E-state index >= 15 is 0 Å². The normalized spacial score (nSPS) is 45.9. The third-order valence-corrected chi connectivity index (χ3v) is 4.21. The fourth-order valence-corrected chi connectivity index (χ4v) is 3.74. The molecule has 0 aromatic heterocycles. The molecule has 0 saturated carbocycles. The van der Waals surface area contributed by atoms with Gasteiger partial charge in [0, 0.05) is 17.6 Å². The van der Waals surface area contributed by atoms with Crippen LogP contribution in [0.25, 0.3) is 0 Å². The smallest absolute Gasteiger partial charge is 0.0592 e. The van der Waals surface area contributed by atoms with Gasteiger partial charge in [-0.05, 0) is 25.7 Å². The predicted octanol–water partition coefficient (Wildman–Crippen LogP) is 2.06. The molecule has 10 heavy (non-hydrogen) atoms. The maximum atomic E-state index is 5.36. The molecule has 2 unspecified atom stereocenters. The van der Waals surface area contributed by atoms with Crippen molar-refractivity contribution in [1.29, 1.82) is 0 Å². The van der Waals surface area contributed by atoms with Crippen LogP contribution in [0.1, 0.15) is 25.7 Å². The third kappa shape index (κ3) is 1.19. The Kier molecular flexibility index (Phi) is 1.92. The van der Waals surface area contributed by atoms with Gasteiger partial charge in [0.1, 0.15) is 0 Å². The molecule has 2 bridgehead atoms. The summed E-state index contributed by atoms with van der Waals surface area (Å²) in [5.41, 5.74) is 0. The van der Waals surface area contributed by atoms with Crippen LogP contribution in [0.3, 0.4) is 0 Å². The van der Waals surface area contributed by atoms with Crippen LogP contribution in [0.5, 0.6) is 0 Å². The molecule has 2 aliphatic rings. The molecular weight excluding hydrogens is 144 g/mol. The Morgan fingerprint density at radius 2 is 1.80 bits per heavy atom. The number of ether oxygens (including phenoxy) is 1. The Morgan fingerprint density at radius 3 is 2.30 bits per heavy atom. The molecule has 2 atom stereocenters. The van der Waals surface area contributed by atoms with Crippen LogP contribution < -0.4 is 0 Å². The average molecular weight is 158 g/mol. The molecule has 0 amide bonds. The Hall–Kier alpha value is 0.310. The van der Waals surface area contributed by atoms with E-state index in [-0.39, 0.29) is 0 Å². The second kappa shape index (κ2) is 2.74. The number of fused-ring (bicyclic) bond motifs is 2. The van der Waals surface area contributed by atoms with Crippen molar-refractivity contribution in [3.63, 3.8) is 0 Å². The van der Waals surface area contributed by atoms with Crippen LogP contribution in [0.15, 0.2) is 0 Å². The van der Waals surface area contributed by atoms with Gasteiger partial charge in [-0.15, -0.1) is 0 Å². The van der Waals surface area contributed by atoms with Crippen molar-refractivity contribution in [2.75, 3.05) is 7.11 Å². The van der Waals surface area contributed by atoms with E-state index in [1.54, 1.807) is 0 Å². The Bertz CT molecular complexity index is 114. The number of rotatable bonds is 1. The van der Waals surface area contributed by atoms with E-state index in [0.717, 1.165) is 10.5 Å². The van der Waals surface area contributed by atoms with E-state index in [9.17, 15) is 0 Å². The van der Waals surface area contributed by atoms with E-state index in [4.69, 9.17) is 4.74 Å². The quantitative estimate of drug-likeness (QED) is 0.577. The molecule has 2 aliphatic heterocycles. The zero-order chi connectivity index (χ0) is 6.97. The summed E-state index contributed by atoms with van der Waals surface area (Å²) in [7, 11) is 1.85. The lowest BCUT2D eigenvalue weighted by atomic mass is 10.1. The first-order chi connectivity index (χ1) is 4.88. The number of hydrogen-bond donors (Lipinski definition) is 0. The predicted molar refractivity (Wildman–Crippen MR) is 44.4 cm³/mol. The molecule has 2 fully saturated rings.